The average Bonchev–Trinajstić information content (AvgIpc) is 2.74. The molecule has 3 rings (SSSR count). The Morgan fingerprint density at radius 1 is 0.719 bits per heavy atom. The summed E-state index contributed by atoms with van der Waals surface area (Å²) in [6.45, 7) is 3.44. The van der Waals surface area contributed by atoms with Gasteiger partial charge in [0, 0.05) is 23.0 Å². The summed E-state index contributed by atoms with van der Waals surface area (Å²) >= 11 is 0. The predicted octanol–water partition coefficient (Wildman–Crippen LogP) is 3.43. The molecule has 10 heteroatoms. The molecule has 1 amide bonds. The van der Waals surface area contributed by atoms with Crippen LogP contribution in [0, 0.1) is 0 Å². The number of nitrogens with one attached hydrogen (secondary N) is 3. The molecule has 3 aromatic rings. The minimum absolute atomic E-state index is 0.0600. The zero-order chi connectivity index (χ0) is 23.4. The molecule has 168 valence electrons. The van der Waals surface area contributed by atoms with Gasteiger partial charge in [0.15, 0.2) is 0 Å². The summed E-state index contributed by atoms with van der Waals surface area (Å²) in [5.41, 5.74) is 0.914. The normalized spacial score (nSPS) is 11.8. The van der Waals surface area contributed by atoms with Gasteiger partial charge in [0.2, 0.25) is 10.0 Å². The van der Waals surface area contributed by atoms with E-state index in [4.69, 9.17) is 0 Å². The Morgan fingerprint density at radius 3 is 2.00 bits per heavy atom. The number of hydrogen-bond acceptors (Lipinski definition) is 5. The number of rotatable bonds is 8. The topological polar surface area (TPSA) is 121 Å². The quantitative estimate of drug-likeness (QED) is 0.463. The van der Waals surface area contributed by atoms with Crippen molar-refractivity contribution in [2.24, 2.45) is 0 Å². The van der Waals surface area contributed by atoms with E-state index in [2.05, 4.69) is 14.8 Å². The van der Waals surface area contributed by atoms with Crippen molar-refractivity contribution in [1.82, 2.24) is 4.72 Å². The van der Waals surface area contributed by atoms with Crippen molar-refractivity contribution in [3.63, 3.8) is 0 Å². The van der Waals surface area contributed by atoms with E-state index in [-0.39, 0.29) is 21.4 Å². The molecule has 0 spiro atoms. The Labute approximate surface area is 187 Å². The number of hydrogen-bond donors (Lipinski definition) is 3. The van der Waals surface area contributed by atoms with Crippen LogP contribution >= 0.6 is 0 Å². The van der Waals surface area contributed by atoms with Gasteiger partial charge in [-0.25, -0.2) is 21.6 Å². The van der Waals surface area contributed by atoms with Crippen molar-refractivity contribution < 1.29 is 21.6 Å². The zero-order valence-corrected chi connectivity index (χ0v) is 19.1. The van der Waals surface area contributed by atoms with Crippen LogP contribution in [0.25, 0.3) is 0 Å². The molecule has 0 fully saturated rings. The number of sulfonamides is 2. The van der Waals surface area contributed by atoms with Gasteiger partial charge in [-0.05, 0) is 68.4 Å². The number of benzene rings is 3. The third kappa shape index (κ3) is 5.94. The molecule has 0 aliphatic rings. The second kappa shape index (κ2) is 9.51. The van der Waals surface area contributed by atoms with E-state index in [0.717, 1.165) is 0 Å². The van der Waals surface area contributed by atoms with Gasteiger partial charge in [0.25, 0.3) is 15.9 Å². The van der Waals surface area contributed by atoms with Crippen LogP contribution in [-0.2, 0) is 20.0 Å². The molecule has 0 atom stereocenters. The van der Waals surface area contributed by atoms with Crippen LogP contribution in [0.4, 0.5) is 11.4 Å². The third-order valence-corrected chi connectivity index (χ3v) is 7.30. The van der Waals surface area contributed by atoms with E-state index in [1.165, 1.54) is 48.5 Å². The number of anilines is 2. The lowest BCUT2D eigenvalue weighted by Crippen LogP contribution is -2.30. The molecule has 0 unspecified atom stereocenters. The number of carbonyl (C=O) groups excluding carboxylic acids is 1. The maximum Gasteiger partial charge on any atom is 0.261 e. The Bertz CT molecular complexity index is 1310. The largest absolute Gasteiger partial charge is 0.322 e. The first-order valence-corrected chi connectivity index (χ1v) is 12.7. The summed E-state index contributed by atoms with van der Waals surface area (Å²) < 4.78 is 54.6. The van der Waals surface area contributed by atoms with Crippen molar-refractivity contribution in [2.45, 2.75) is 29.7 Å². The molecule has 8 nitrogen and oxygen atoms in total. The van der Waals surface area contributed by atoms with Gasteiger partial charge in [-0.2, -0.15) is 0 Å². The van der Waals surface area contributed by atoms with Gasteiger partial charge >= 0.3 is 0 Å². The first-order valence-electron chi connectivity index (χ1n) is 9.68. The Morgan fingerprint density at radius 2 is 1.38 bits per heavy atom. The van der Waals surface area contributed by atoms with Gasteiger partial charge in [-0.15, -0.1) is 0 Å². The molecule has 0 aromatic heterocycles. The lowest BCUT2D eigenvalue weighted by atomic mass is 10.2. The molecular weight excluding hydrogens is 450 g/mol. The zero-order valence-electron chi connectivity index (χ0n) is 17.4. The summed E-state index contributed by atoms with van der Waals surface area (Å²) in [6.07, 6.45) is 0. The molecule has 0 bridgehead atoms. The molecule has 3 N–H and O–H groups in total. The average molecular weight is 474 g/mol. The molecule has 0 aliphatic heterocycles. The lowest BCUT2D eigenvalue weighted by Gasteiger charge is -2.11. The predicted molar refractivity (Wildman–Crippen MR) is 124 cm³/mol. The fraction of sp³-hybridized carbons (Fsp3) is 0.136. The second-order valence-electron chi connectivity index (χ2n) is 7.25. The fourth-order valence-electron chi connectivity index (χ4n) is 2.82. The lowest BCUT2D eigenvalue weighted by molar-refractivity contribution is 0.102. The van der Waals surface area contributed by atoms with Crippen LogP contribution in [0.2, 0.25) is 0 Å². The molecular formula is C22H23N3O5S2. The summed E-state index contributed by atoms with van der Waals surface area (Å²) in [4.78, 5) is 12.6. The molecule has 32 heavy (non-hydrogen) atoms. The molecule has 0 saturated heterocycles. The van der Waals surface area contributed by atoms with E-state index in [1.54, 1.807) is 44.2 Å². The van der Waals surface area contributed by atoms with Gasteiger partial charge in [-0.1, -0.05) is 24.3 Å². The van der Waals surface area contributed by atoms with E-state index >= 15 is 0 Å². The SMILES string of the molecule is CC(C)NS(=O)(=O)c1ccc(NC(=O)c2cccc(S(=O)(=O)Nc3ccccc3)c2)cc1. The minimum Gasteiger partial charge on any atom is -0.322 e. The Hall–Kier alpha value is -3.21. The van der Waals surface area contributed by atoms with Crippen LogP contribution in [-0.4, -0.2) is 28.8 Å². The first-order chi connectivity index (χ1) is 15.1. The highest BCUT2D eigenvalue weighted by Gasteiger charge is 2.18. The van der Waals surface area contributed by atoms with Crippen molar-refractivity contribution in [2.75, 3.05) is 10.0 Å². The van der Waals surface area contributed by atoms with Gasteiger partial charge in [-0.3, -0.25) is 9.52 Å². The number of carbonyl (C=O) groups is 1. The van der Waals surface area contributed by atoms with Crippen molar-refractivity contribution in [3.8, 4) is 0 Å². The van der Waals surface area contributed by atoms with Crippen LogP contribution < -0.4 is 14.8 Å². The van der Waals surface area contributed by atoms with E-state index in [9.17, 15) is 21.6 Å². The van der Waals surface area contributed by atoms with Crippen LogP contribution in [0.3, 0.4) is 0 Å². The number of amides is 1. The van der Waals surface area contributed by atoms with E-state index in [1.807, 2.05) is 0 Å². The van der Waals surface area contributed by atoms with Gasteiger partial charge < -0.3 is 5.32 Å². The maximum atomic E-state index is 12.6. The molecule has 0 aliphatic carbocycles. The van der Waals surface area contributed by atoms with Gasteiger partial charge in [0.1, 0.15) is 0 Å². The Balaban J connectivity index is 1.75. The van der Waals surface area contributed by atoms with Crippen molar-refractivity contribution in [1.29, 1.82) is 0 Å². The molecule has 0 saturated carbocycles. The van der Waals surface area contributed by atoms with E-state index in [0.29, 0.717) is 11.4 Å². The highest BCUT2D eigenvalue weighted by molar-refractivity contribution is 7.92. The molecule has 3 aromatic carbocycles. The van der Waals surface area contributed by atoms with Gasteiger partial charge in [0.05, 0.1) is 9.79 Å². The molecule has 0 radical (unpaired) electrons. The summed E-state index contributed by atoms with van der Waals surface area (Å²) in [5, 5.41) is 2.64. The minimum atomic E-state index is -3.88. The Kier molecular flexibility index (Phi) is 6.97. The summed E-state index contributed by atoms with van der Waals surface area (Å²) in [5.74, 6) is -0.530. The highest BCUT2D eigenvalue weighted by atomic mass is 32.2. The third-order valence-electron chi connectivity index (χ3n) is 4.25. The monoisotopic (exact) mass is 473 g/mol. The summed E-state index contributed by atoms with van der Waals surface area (Å²) in [7, 11) is -7.52. The van der Waals surface area contributed by atoms with Crippen LogP contribution in [0.15, 0.2) is 88.7 Å². The standard InChI is InChI=1S/C22H23N3O5S2/c1-16(2)24-31(27,28)20-13-11-18(12-14-20)23-22(26)17-7-6-10-21(15-17)32(29,30)25-19-8-4-3-5-9-19/h3-16,24-25H,1-2H3,(H,23,26). The maximum absolute atomic E-state index is 12.6. The van der Waals surface area contributed by atoms with E-state index < -0.39 is 26.0 Å². The second-order valence-corrected chi connectivity index (χ2v) is 10.7. The van der Waals surface area contributed by atoms with Crippen LogP contribution in [0.5, 0.6) is 0 Å². The van der Waals surface area contributed by atoms with Crippen molar-refractivity contribution in [3.05, 3.63) is 84.4 Å². The smallest absolute Gasteiger partial charge is 0.261 e. The van der Waals surface area contributed by atoms with Crippen molar-refractivity contribution >= 4 is 37.3 Å². The number of para-hydroxylation sites is 1. The fourth-order valence-corrected chi connectivity index (χ4v) is 5.18. The highest BCUT2D eigenvalue weighted by Crippen LogP contribution is 2.19. The first kappa shape index (κ1) is 23.5. The summed E-state index contributed by atoms with van der Waals surface area (Å²) in [6, 6.07) is 19.5. The molecule has 0 heterocycles. The van der Waals surface area contributed by atoms with Crippen LogP contribution in [0.1, 0.15) is 24.2 Å².